The molecule has 2 heterocycles. The van der Waals surface area contributed by atoms with Gasteiger partial charge in [-0.25, -0.2) is 0 Å². The molecule has 0 bridgehead atoms. The molecule has 0 spiro atoms. The van der Waals surface area contributed by atoms with Crippen LogP contribution in [0.2, 0.25) is 5.02 Å². The summed E-state index contributed by atoms with van der Waals surface area (Å²) in [6, 6.07) is 7.51. The van der Waals surface area contributed by atoms with E-state index in [1.807, 2.05) is 0 Å². The maximum atomic E-state index is 13.9. The second kappa shape index (κ2) is 8.47. The molecular weight excluding hydrogens is 478 g/mol. The molecule has 1 saturated heterocycles. The molecule has 1 aromatic heterocycles. The molecule has 1 atom stereocenters. The standard InChI is InChI=1S/C17H17ClFIN2O4/c18-14-4-3-11(8-15(14)19)20-12(9-21-5-7-26-20)10-22-6-1-2-13(16(22)23)17(24)25/h1-4,6,8,12,21H,5,7,9-10H2,(H,24,25). The molecule has 26 heavy (non-hydrogen) atoms. The Hall–Kier alpha value is -1.49. The number of halogens is 3. The Morgan fingerprint density at radius 1 is 1.46 bits per heavy atom. The van der Waals surface area contributed by atoms with Crippen molar-refractivity contribution < 1.29 is 17.4 Å². The number of aromatic nitrogens is 1. The third kappa shape index (κ3) is 4.25. The van der Waals surface area contributed by atoms with Gasteiger partial charge in [0.1, 0.15) is 0 Å². The Balaban J connectivity index is 1.93. The Bertz CT molecular complexity index is 876. The molecule has 0 aliphatic carbocycles. The van der Waals surface area contributed by atoms with Crippen molar-refractivity contribution in [3.8, 4) is 0 Å². The number of benzene rings is 1. The van der Waals surface area contributed by atoms with Gasteiger partial charge in [-0.2, -0.15) is 0 Å². The molecule has 1 unspecified atom stereocenters. The Kier molecular flexibility index (Phi) is 6.28. The molecule has 6 nitrogen and oxygen atoms in total. The summed E-state index contributed by atoms with van der Waals surface area (Å²) in [5, 5.41) is 12.5. The van der Waals surface area contributed by atoms with E-state index in [0.717, 1.165) is 3.57 Å². The van der Waals surface area contributed by atoms with Crippen LogP contribution in [0.3, 0.4) is 0 Å². The van der Waals surface area contributed by atoms with E-state index in [0.29, 0.717) is 26.2 Å². The number of hydrogen-bond acceptors (Lipinski definition) is 4. The fourth-order valence-corrected chi connectivity index (χ4v) is 7.93. The van der Waals surface area contributed by atoms with E-state index < -0.39 is 37.6 Å². The Labute approximate surface area is 161 Å². The number of nitrogens with zero attached hydrogens (tertiary/aromatic N) is 1. The summed E-state index contributed by atoms with van der Waals surface area (Å²) >= 11 is 3.47. The molecule has 1 fully saturated rings. The van der Waals surface area contributed by atoms with Gasteiger partial charge in [0.25, 0.3) is 0 Å². The van der Waals surface area contributed by atoms with E-state index in [1.54, 1.807) is 12.3 Å². The quantitative estimate of drug-likeness (QED) is 0.388. The van der Waals surface area contributed by atoms with Crippen molar-refractivity contribution in [2.45, 2.75) is 10.5 Å². The molecule has 2 N–H and O–H groups in total. The van der Waals surface area contributed by atoms with Gasteiger partial charge in [-0.15, -0.1) is 0 Å². The van der Waals surface area contributed by atoms with Gasteiger partial charge < -0.3 is 0 Å². The van der Waals surface area contributed by atoms with Crippen LogP contribution in [0.4, 0.5) is 4.39 Å². The third-order valence-electron chi connectivity index (χ3n) is 3.86. The summed E-state index contributed by atoms with van der Waals surface area (Å²) < 4.78 is 22.1. The Morgan fingerprint density at radius 2 is 2.27 bits per heavy atom. The van der Waals surface area contributed by atoms with Crippen LogP contribution in [-0.2, 0) is 9.61 Å². The predicted molar refractivity (Wildman–Crippen MR) is 104 cm³/mol. The van der Waals surface area contributed by atoms with Crippen LogP contribution < -0.4 is 10.9 Å². The van der Waals surface area contributed by atoms with E-state index in [4.69, 9.17) is 19.8 Å². The number of nitrogens with one attached hydrogen (secondary N) is 1. The van der Waals surface area contributed by atoms with Gasteiger partial charge in [0.2, 0.25) is 0 Å². The first-order chi connectivity index (χ1) is 12.5. The third-order valence-corrected chi connectivity index (χ3v) is 9.61. The predicted octanol–water partition coefficient (Wildman–Crippen LogP) is 2.62. The molecule has 2 aromatic rings. The molecule has 1 aliphatic heterocycles. The summed E-state index contributed by atoms with van der Waals surface area (Å²) in [7, 11) is 0. The zero-order chi connectivity index (χ0) is 18.7. The van der Waals surface area contributed by atoms with Crippen molar-refractivity contribution in [1.29, 1.82) is 0 Å². The van der Waals surface area contributed by atoms with Crippen molar-refractivity contribution in [2.75, 3.05) is 19.7 Å². The molecule has 0 radical (unpaired) electrons. The van der Waals surface area contributed by atoms with Gasteiger partial charge in [-0.05, 0) is 0 Å². The number of hydrogen-bond donors (Lipinski definition) is 2. The van der Waals surface area contributed by atoms with E-state index in [9.17, 15) is 14.0 Å². The molecule has 0 amide bonds. The summed E-state index contributed by atoms with van der Waals surface area (Å²) in [5.41, 5.74) is -0.824. The van der Waals surface area contributed by atoms with Crippen molar-refractivity contribution in [2.24, 2.45) is 0 Å². The summed E-state index contributed by atoms with van der Waals surface area (Å²) in [6.45, 7) is 2.10. The summed E-state index contributed by atoms with van der Waals surface area (Å²) in [5.74, 6) is -1.75. The zero-order valence-electron chi connectivity index (χ0n) is 13.6. The topological polar surface area (TPSA) is 80.6 Å². The second-order valence-electron chi connectivity index (χ2n) is 5.63. The fraction of sp³-hybridized carbons (Fsp3) is 0.294. The molecule has 1 aliphatic rings. The van der Waals surface area contributed by atoms with Gasteiger partial charge in [-0.1, -0.05) is 0 Å². The van der Waals surface area contributed by atoms with E-state index in [-0.39, 0.29) is 14.5 Å². The van der Waals surface area contributed by atoms with Gasteiger partial charge in [-0.3, -0.25) is 0 Å². The molecule has 1 aromatic carbocycles. The first-order valence-electron chi connectivity index (χ1n) is 7.88. The molecular formula is C17H17ClFIN2O4. The minimum atomic E-state index is -2.30. The summed E-state index contributed by atoms with van der Waals surface area (Å²) in [6.07, 6.45) is 1.57. The van der Waals surface area contributed by atoms with Gasteiger partial charge in [0.05, 0.1) is 0 Å². The van der Waals surface area contributed by atoms with Crippen LogP contribution in [0, 0.1) is 9.39 Å². The van der Waals surface area contributed by atoms with Crippen LogP contribution in [0.1, 0.15) is 10.4 Å². The van der Waals surface area contributed by atoms with E-state index in [1.165, 1.54) is 28.8 Å². The van der Waals surface area contributed by atoms with Gasteiger partial charge in [0, 0.05) is 0 Å². The van der Waals surface area contributed by atoms with Gasteiger partial charge in [0.15, 0.2) is 0 Å². The SMILES string of the molecule is O=C(O)c1cccn(CC2CNCCOI2c2ccc(Cl)c(F)c2)c1=O. The normalized spacial score (nSPS) is 19.2. The van der Waals surface area contributed by atoms with Crippen molar-refractivity contribution in [3.63, 3.8) is 0 Å². The number of carbonyl (C=O) groups is 1. The summed E-state index contributed by atoms with van der Waals surface area (Å²) in [4.78, 5) is 23.6. The molecule has 9 heteroatoms. The van der Waals surface area contributed by atoms with Gasteiger partial charge >= 0.3 is 162 Å². The number of aromatic carboxylic acids is 1. The maximum absolute atomic E-state index is 13.9. The average Bonchev–Trinajstić information content (AvgIpc) is 2.84. The monoisotopic (exact) mass is 494 g/mol. The minimum absolute atomic E-state index is 0.0379. The van der Waals surface area contributed by atoms with Crippen molar-refractivity contribution in [3.05, 3.63) is 66.9 Å². The fourth-order valence-electron chi connectivity index (χ4n) is 2.62. The molecule has 140 valence electrons. The van der Waals surface area contributed by atoms with Crippen LogP contribution in [0.15, 0.2) is 41.3 Å². The number of carboxylic acid groups (broad SMARTS) is 1. The van der Waals surface area contributed by atoms with Crippen LogP contribution in [0.25, 0.3) is 0 Å². The number of alkyl halides is 1. The van der Waals surface area contributed by atoms with E-state index in [2.05, 4.69) is 5.32 Å². The number of carboxylic acids is 1. The van der Waals surface area contributed by atoms with Crippen LogP contribution in [0.5, 0.6) is 0 Å². The zero-order valence-corrected chi connectivity index (χ0v) is 16.5. The van der Waals surface area contributed by atoms with Crippen molar-refractivity contribution >= 4 is 37.8 Å². The second-order valence-corrected chi connectivity index (χ2v) is 11.2. The van der Waals surface area contributed by atoms with Crippen LogP contribution in [-0.4, -0.2) is 39.3 Å². The number of pyridine rings is 1. The molecule has 3 rings (SSSR count). The van der Waals surface area contributed by atoms with Crippen LogP contribution >= 0.6 is 31.8 Å². The first-order valence-corrected chi connectivity index (χ1v) is 11.5. The Morgan fingerprint density at radius 3 is 3.00 bits per heavy atom. The number of rotatable bonds is 4. The molecule has 0 saturated carbocycles. The average molecular weight is 495 g/mol. The van der Waals surface area contributed by atoms with E-state index >= 15 is 0 Å². The first kappa shape index (κ1) is 19.3. The van der Waals surface area contributed by atoms with Crippen molar-refractivity contribution in [1.82, 2.24) is 9.88 Å².